The van der Waals surface area contributed by atoms with Crippen molar-refractivity contribution in [1.82, 2.24) is 10.2 Å². The maximum atomic E-state index is 12.8. The third-order valence-corrected chi connectivity index (χ3v) is 4.75. The summed E-state index contributed by atoms with van der Waals surface area (Å²) in [7, 11) is 1.62. The predicted molar refractivity (Wildman–Crippen MR) is 107 cm³/mol. The monoisotopic (exact) mass is 424 g/mol. The molecule has 3 nitrogen and oxygen atoms in total. The SMILES string of the molecule is COc1ccc2cc([C@H](CCC(F)(F)F)N3CCNCC3)ccc2c1.Cl.Cl. The van der Waals surface area contributed by atoms with Crippen molar-refractivity contribution in [2.45, 2.75) is 25.1 Å². The van der Waals surface area contributed by atoms with Crippen molar-refractivity contribution in [3.63, 3.8) is 0 Å². The second kappa shape index (κ2) is 10.4. The van der Waals surface area contributed by atoms with Crippen LogP contribution in [0.5, 0.6) is 5.75 Å². The van der Waals surface area contributed by atoms with Gasteiger partial charge < -0.3 is 10.1 Å². The van der Waals surface area contributed by atoms with Crippen molar-refractivity contribution in [2.75, 3.05) is 33.3 Å². The molecule has 152 valence electrons. The molecule has 1 N–H and O–H groups in total. The Hall–Kier alpha value is -1.21. The zero-order valence-corrected chi connectivity index (χ0v) is 16.7. The van der Waals surface area contributed by atoms with Gasteiger partial charge in [-0.15, -0.1) is 24.8 Å². The molecule has 0 saturated carbocycles. The van der Waals surface area contributed by atoms with Crippen LogP contribution >= 0.6 is 24.8 Å². The quantitative estimate of drug-likeness (QED) is 0.732. The molecule has 0 radical (unpaired) electrons. The summed E-state index contributed by atoms with van der Waals surface area (Å²) in [5, 5.41) is 5.30. The molecule has 0 aromatic heterocycles. The molecule has 3 rings (SSSR count). The lowest BCUT2D eigenvalue weighted by atomic mass is 9.96. The first kappa shape index (κ1) is 23.8. The van der Waals surface area contributed by atoms with Crippen LogP contribution in [0.3, 0.4) is 0 Å². The molecule has 1 aliphatic rings. The molecule has 1 aliphatic heterocycles. The first-order chi connectivity index (χ1) is 12.0. The Bertz CT molecular complexity index is 722. The fourth-order valence-electron chi connectivity index (χ4n) is 3.43. The number of nitrogens with zero attached hydrogens (tertiary/aromatic N) is 1. The lowest BCUT2D eigenvalue weighted by Crippen LogP contribution is -2.45. The summed E-state index contributed by atoms with van der Waals surface area (Å²) >= 11 is 0. The minimum Gasteiger partial charge on any atom is -0.497 e. The predicted octanol–water partition coefficient (Wildman–Crippen LogP) is 4.98. The minimum atomic E-state index is -4.13. The molecule has 0 bridgehead atoms. The van der Waals surface area contributed by atoms with Crippen LogP contribution in [0.2, 0.25) is 0 Å². The highest BCUT2D eigenvalue weighted by Crippen LogP contribution is 2.33. The summed E-state index contributed by atoms with van der Waals surface area (Å²) in [4.78, 5) is 2.16. The first-order valence-electron chi connectivity index (χ1n) is 8.55. The van der Waals surface area contributed by atoms with Gasteiger partial charge in [-0.25, -0.2) is 0 Å². The van der Waals surface area contributed by atoms with E-state index in [9.17, 15) is 13.2 Å². The van der Waals surface area contributed by atoms with Crippen LogP contribution in [-0.4, -0.2) is 44.4 Å². The van der Waals surface area contributed by atoms with Crippen molar-refractivity contribution in [2.24, 2.45) is 0 Å². The lowest BCUT2D eigenvalue weighted by Gasteiger charge is -2.35. The molecule has 1 heterocycles. The van der Waals surface area contributed by atoms with Crippen LogP contribution in [0.25, 0.3) is 10.8 Å². The highest BCUT2D eigenvalue weighted by atomic mass is 35.5. The largest absolute Gasteiger partial charge is 0.497 e. The van der Waals surface area contributed by atoms with E-state index >= 15 is 0 Å². The summed E-state index contributed by atoms with van der Waals surface area (Å²) in [5.41, 5.74) is 0.948. The topological polar surface area (TPSA) is 24.5 Å². The van der Waals surface area contributed by atoms with Gasteiger partial charge in [-0.05, 0) is 41.0 Å². The number of alkyl halides is 3. The Labute approximate surface area is 170 Å². The van der Waals surface area contributed by atoms with E-state index in [-0.39, 0.29) is 37.3 Å². The highest BCUT2D eigenvalue weighted by Gasteiger charge is 2.31. The number of ether oxygens (including phenoxy) is 1. The normalized spacial score (nSPS) is 16.3. The van der Waals surface area contributed by atoms with Gasteiger partial charge >= 0.3 is 6.18 Å². The van der Waals surface area contributed by atoms with Gasteiger partial charge in [0.1, 0.15) is 5.75 Å². The standard InChI is InChI=1S/C19H23F3N2O.2ClH/c1-25-17-5-4-14-12-16(3-2-15(14)13-17)18(6-7-19(20,21)22)24-10-8-23-9-11-24;;/h2-5,12-13,18,23H,6-11H2,1H3;2*1H/t18-;;/m0../s1. The molecule has 1 atom stereocenters. The average Bonchev–Trinajstić information content (AvgIpc) is 2.61. The van der Waals surface area contributed by atoms with E-state index in [1.807, 2.05) is 36.4 Å². The number of halogens is 5. The van der Waals surface area contributed by atoms with E-state index in [1.54, 1.807) is 7.11 Å². The third kappa shape index (κ3) is 6.42. The van der Waals surface area contributed by atoms with Crippen LogP contribution in [0.4, 0.5) is 13.2 Å². The number of rotatable bonds is 5. The van der Waals surface area contributed by atoms with Crippen molar-refractivity contribution >= 4 is 35.6 Å². The minimum absolute atomic E-state index is 0. The van der Waals surface area contributed by atoms with Gasteiger partial charge in [0.05, 0.1) is 7.11 Å². The number of fused-ring (bicyclic) bond motifs is 1. The molecule has 0 amide bonds. The van der Waals surface area contributed by atoms with E-state index in [4.69, 9.17) is 4.74 Å². The van der Waals surface area contributed by atoms with Crippen LogP contribution in [0.1, 0.15) is 24.4 Å². The molecular formula is C19H25Cl2F3N2O. The zero-order chi connectivity index (χ0) is 17.9. The van der Waals surface area contributed by atoms with E-state index < -0.39 is 12.6 Å². The third-order valence-electron chi connectivity index (χ3n) is 4.75. The second-order valence-corrected chi connectivity index (χ2v) is 6.43. The van der Waals surface area contributed by atoms with Gasteiger partial charge in [0.25, 0.3) is 0 Å². The summed E-state index contributed by atoms with van der Waals surface area (Å²) in [6.45, 7) is 3.16. The summed E-state index contributed by atoms with van der Waals surface area (Å²) in [6.07, 6.45) is -4.80. The number of hydrogen-bond donors (Lipinski definition) is 1. The second-order valence-electron chi connectivity index (χ2n) is 6.43. The van der Waals surface area contributed by atoms with E-state index in [2.05, 4.69) is 10.2 Å². The lowest BCUT2D eigenvalue weighted by molar-refractivity contribution is -0.138. The van der Waals surface area contributed by atoms with Crippen molar-refractivity contribution < 1.29 is 17.9 Å². The Kier molecular flexibility index (Phi) is 9.15. The average molecular weight is 425 g/mol. The Balaban J connectivity index is 0.00000182. The summed E-state index contributed by atoms with van der Waals surface area (Å²) < 4.78 is 43.6. The number of hydrogen-bond acceptors (Lipinski definition) is 3. The molecule has 0 unspecified atom stereocenters. The number of piperazine rings is 1. The van der Waals surface area contributed by atoms with Gasteiger partial charge in [0.15, 0.2) is 0 Å². The number of nitrogens with one attached hydrogen (secondary N) is 1. The first-order valence-corrected chi connectivity index (χ1v) is 8.55. The van der Waals surface area contributed by atoms with Gasteiger partial charge in [0, 0.05) is 38.6 Å². The highest BCUT2D eigenvalue weighted by molar-refractivity contribution is 5.86. The van der Waals surface area contributed by atoms with Crippen molar-refractivity contribution in [3.05, 3.63) is 42.0 Å². The molecule has 1 fully saturated rings. The summed E-state index contributed by atoms with van der Waals surface area (Å²) in [5.74, 6) is 0.774. The van der Waals surface area contributed by atoms with Crippen LogP contribution < -0.4 is 10.1 Å². The molecular weight excluding hydrogens is 400 g/mol. The smallest absolute Gasteiger partial charge is 0.389 e. The molecule has 2 aromatic carbocycles. The fourth-order valence-corrected chi connectivity index (χ4v) is 3.43. The van der Waals surface area contributed by atoms with E-state index in [0.29, 0.717) is 0 Å². The van der Waals surface area contributed by atoms with Gasteiger partial charge in [-0.2, -0.15) is 13.2 Å². The zero-order valence-electron chi connectivity index (χ0n) is 15.1. The maximum Gasteiger partial charge on any atom is 0.389 e. The Morgan fingerprint density at radius 1 is 1.04 bits per heavy atom. The van der Waals surface area contributed by atoms with Gasteiger partial charge in [0.2, 0.25) is 0 Å². The van der Waals surface area contributed by atoms with Crippen LogP contribution in [-0.2, 0) is 0 Å². The van der Waals surface area contributed by atoms with E-state index in [1.165, 1.54) is 0 Å². The van der Waals surface area contributed by atoms with Crippen molar-refractivity contribution in [3.8, 4) is 5.75 Å². The van der Waals surface area contributed by atoms with Gasteiger partial charge in [-0.3, -0.25) is 4.90 Å². The van der Waals surface area contributed by atoms with Crippen molar-refractivity contribution in [1.29, 1.82) is 0 Å². The molecule has 1 saturated heterocycles. The Morgan fingerprint density at radius 2 is 1.67 bits per heavy atom. The van der Waals surface area contributed by atoms with E-state index in [0.717, 1.165) is 48.3 Å². The molecule has 8 heteroatoms. The number of methoxy groups -OCH3 is 1. The van der Waals surface area contributed by atoms with Crippen LogP contribution in [0.15, 0.2) is 36.4 Å². The number of benzene rings is 2. The summed E-state index contributed by atoms with van der Waals surface area (Å²) in [6, 6.07) is 11.5. The molecule has 0 spiro atoms. The maximum absolute atomic E-state index is 12.8. The Morgan fingerprint density at radius 3 is 2.30 bits per heavy atom. The van der Waals surface area contributed by atoms with Gasteiger partial charge in [-0.1, -0.05) is 18.2 Å². The molecule has 27 heavy (non-hydrogen) atoms. The molecule has 2 aromatic rings. The van der Waals surface area contributed by atoms with Crippen LogP contribution in [0, 0.1) is 0 Å². The molecule has 0 aliphatic carbocycles. The fraction of sp³-hybridized carbons (Fsp3) is 0.474.